The van der Waals surface area contributed by atoms with Crippen molar-refractivity contribution in [2.45, 2.75) is 103 Å². The van der Waals surface area contributed by atoms with E-state index in [1.165, 1.54) is 0 Å². The highest BCUT2D eigenvalue weighted by atomic mass is 16.6. The normalized spacial score (nSPS) is 46.6. The summed E-state index contributed by atoms with van der Waals surface area (Å²) in [6.45, 7) is 5.76. The van der Waals surface area contributed by atoms with Crippen molar-refractivity contribution in [1.29, 1.82) is 0 Å². The first-order chi connectivity index (χ1) is 16.4. The van der Waals surface area contributed by atoms with Gasteiger partial charge in [0.05, 0.1) is 24.9 Å². The van der Waals surface area contributed by atoms with Gasteiger partial charge in [-0.3, -0.25) is 4.79 Å². The predicted octanol–water partition coefficient (Wildman–Crippen LogP) is 1.79. The third-order valence-electron chi connectivity index (χ3n) is 11.0. The minimum atomic E-state index is -1.72. The Morgan fingerprint density at radius 1 is 1.03 bits per heavy atom. The van der Waals surface area contributed by atoms with Gasteiger partial charge in [0.15, 0.2) is 6.10 Å². The Morgan fingerprint density at radius 2 is 1.74 bits per heavy atom. The Kier molecular flexibility index (Phi) is 7.72. The Morgan fingerprint density at radius 3 is 2.43 bits per heavy atom. The molecule has 35 heavy (non-hydrogen) atoms. The van der Waals surface area contributed by atoms with Crippen LogP contribution in [0, 0.1) is 46.3 Å². The molecule has 0 heterocycles. The van der Waals surface area contributed by atoms with E-state index in [0.717, 1.165) is 38.5 Å². The highest BCUT2D eigenvalue weighted by molar-refractivity contribution is 5.87. The number of ether oxygens (including phenoxy) is 1. The molecule has 12 unspecified atom stereocenters. The minimum Gasteiger partial charge on any atom is -0.393 e. The van der Waals surface area contributed by atoms with Gasteiger partial charge >= 0.3 is 11.9 Å². The van der Waals surface area contributed by atoms with Crippen LogP contribution in [0.25, 0.3) is 0 Å². The van der Waals surface area contributed by atoms with Gasteiger partial charge in [0.2, 0.25) is 0 Å². The maximum atomic E-state index is 12.1. The Hall–Kier alpha value is -1.06. The molecule has 8 heteroatoms. The molecule has 0 aromatic carbocycles. The lowest BCUT2D eigenvalue weighted by Crippen LogP contribution is -2.62. The Balaban J connectivity index is 1.46. The van der Waals surface area contributed by atoms with Gasteiger partial charge in [-0.05, 0) is 97.7 Å². The highest BCUT2D eigenvalue weighted by Gasteiger charge is 2.65. The molecule has 4 rings (SSSR count). The van der Waals surface area contributed by atoms with Crippen LogP contribution in [0.4, 0.5) is 0 Å². The first kappa shape index (κ1) is 27.0. The zero-order valence-corrected chi connectivity index (χ0v) is 21.3. The van der Waals surface area contributed by atoms with Crippen LogP contribution in [0.1, 0.15) is 78.6 Å². The van der Waals surface area contributed by atoms with Gasteiger partial charge < -0.3 is 30.3 Å². The van der Waals surface area contributed by atoms with Crippen molar-refractivity contribution < 1.29 is 39.9 Å². The number of rotatable bonds is 6. The van der Waals surface area contributed by atoms with E-state index < -0.39 is 36.9 Å². The lowest BCUT2D eigenvalue weighted by molar-refractivity contribution is -0.207. The molecule has 0 aromatic rings. The standard InChI is InChI=1S/C27H44O8/c1-14(4-7-23(33)35-25(34)21(31)13-28)17-5-6-18-24-19(12-22(32)27(17,18)3)26(2)9-8-16(29)10-15(26)11-20(24)30/h14-22,24,28-32H,4-13H2,1-3H3. The average Bonchev–Trinajstić information content (AvgIpc) is 3.17. The number of hydrogen-bond donors (Lipinski definition) is 5. The molecule has 0 spiro atoms. The summed E-state index contributed by atoms with van der Waals surface area (Å²) in [5, 5.41) is 51.3. The average molecular weight is 497 g/mol. The van der Waals surface area contributed by atoms with Gasteiger partial charge in [-0.25, -0.2) is 4.79 Å². The van der Waals surface area contributed by atoms with Gasteiger partial charge in [0, 0.05) is 6.42 Å². The summed E-state index contributed by atoms with van der Waals surface area (Å²) in [5.74, 6) is -0.703. The summed E-state index contributed by atoms with van der Waals surface area (Å²) < 4.78 is 4.63. The summed E-state index contributed by atoms with van der Waals surface area (Å²) in [7, 11) is 0. The first-order valence-corrected chi connectivity index (χ1v) is 13.5. The predicted molar refractivity (Wildman–Crippen MR) is 127 cm³/mol. The largest absolute Gasteiger partial charge is 0.393 e. The fourth-order valence-corrected chi connectivity index (χ4v) is 8.98. The molecular weight excluding hydrogens is 452 g/mol. The summed E-state index contributed by atoms with van der Waals surface area (Å²) in [6, 6.07) is 0. The molecule has 0 radical (unpaired) electrons. The molecule has 12 atom stereocenters. The minimum absolute atomic E-state index is 0.0230. The number of aliphatic hydroxyl groups excluding tert-OH is 5. The van der Waals surface area contributed by atoms with Gasteiger partial charge in [-0.1, -0.05) is 20.8 Å². The van der Waals surface area contributed by atoms with Crippen LogP contribution in [0.15, 0.2) is 0 Å². The lowest BCUT2D eigenvalue weighted by atomic mass is 9.43. The number of esters is 2. The highest BCUT2D eigenvalue weighted by Crippen LogP contribution is 2.68. The van der Waals surface area contributed by atoms with Gasteiger partial charge in [0.25, 0.3) is 0 Å². The van der Waals surface area contributed by atoms with Crippen molar-refractivity contribution in [2.75, 3.05) is 6.61 Å². The SMILES string of the molecule is CC(CCC(=O)OC(=O)C(O)CO)C1CCC2C3C(O)CC4CC(O)CCC4(C)C3CC(O)C12C. The number of carbonyl (C=O) groups is 2. The molecule has 5 N–H and O–H groups in total. The smallest absolute Gasteiger partial charge is 0.345 e. The van der Waals surface area contributed by atoms with Crippen molar-refractivity contribution in [2.24, 2.45) is 46.3 Å². The number of aliphatic hydroxyl groups is 5. The fourth-order valence-electron chi connectivity index (χ4n) is 8.98. The van der Waals surface area contributed by atoms with Crippen LogP contribution in [-0.2, 0) is 14.3 Å². The van der Waals surface area contributed by atoms with E-state index in [2.05, 4.69) is 25.5 Å². The van der Waals surface area contributed by atoms with E-state index in [4.69, 9.17) is 5.11 Å². The maximum absolute atomic E-state index is 12.1. The van der Waals surface area contributed by atoms with Crippen LogP contribution >= 0.6 is 0 Å². The van der Waals surface area contributed by atoms with Crippen LogP contribution in [0.2, 0.25) is 0 Å². The molecule has 4 aliphatic carbocycles. The molecule has 200 valence electrons. The van der Waals surface area contributed by atoms with Crippen LogP contribution in [-0.4, -0.2) is 68.5 Å². The summed E-state index contributed by atoms with van der Waals surface area (Å²) in [5.41, 5.74) is -0.323. The molecule has 0 bridgehead atoms. The second-order valence-corrected chi connectivity index (χ2v) is 12.5. The second-order valence-electron chi connectivity index (χ2n) is 12.5. The molecule has 4 saturated carbocycles. The van der Waals surface area contributed by atoms with Crippen molar-refractivity contribution in [3.8, 4) is 0 Å². The van der Waals surface area contributed by atoms with E-state index in [1.54, 1.807) is 0 Å². The van der Waals surface area contributed by atoms with E-state index in [9.17, 15) is 30.0 Å². The molecule has 0 aromatic heterocycles. The second kappa shape index (κ2) is 10.0. The maximum Gasteiger partial charge on any atom is 0.345 e. The van der Waals surface area contributed by atoms with Crippen molar-refractivity contribution >= 4 is 11.9 Å². The first-order valence-electron chi connectivity index (χ1n) is 13.5. The molecule has 4 fully saturated rings. The fraction of sp³-hybridized carbons (Fsp3) is 0.926. The third-order valence-corrected chi connectivity index (χ3v) is 11.0. The number of fused-ring (bicyclic) bond motifs is 5. The van der Waals surface area contributed by atoms with Crippen molar-refractivity contribution in [1.82, 2.24) is 0 Å². The zero-order chi connectivity index (χ0) is 25.7. The van der Waals surface area contributed by atoms with Crippen LogP contribution in [0.5, 0.6) is 0 Å². The van der Waals surface area contributed by atoms with E-state index in [0.29, 0.717) is 12.8 Å². The van der Waals surface area contributed by atoms with E-state index >= 15 is 0 Å². The van der Waals surface area contributed by atoms with Gasteiger partial charge in [-0.2, -0.15) is 0 Å². The quantitative estimate of drug-likeness (QED) is 0.276. The Bertz CT molecular complexity index is 802. The van der Waals surface area contributed by atoms with Crippen molar-refractivity contribution in [3.05, 3.63) is 0 Å². The summed E-state index contributed by atoms with van der Waals surface area (Å²) in [6.07, 6.45) is 3.31. The van der Waals surface area contributed by atoms with Gasteiger partial charge in [-0.15, -0.1) is 0 Å². The molecule has 0 saturated heterocycles. The zero-order valence-electron chi connectivity index (χ0n) is 21.3. The van der Waals surface area contributed by atoms with Crippen LogP contribution in [0.3, 0.4) is 0 Å². The van der Waals surface area contributed by atoms with Crippen LogP contribution < -0.4 is 0 Å². The molecule has 0 amide bonds. The molecule has 0 aliphatic heterocycles. The van der Waals surface area contributed by atoms with E-state index in [-0.39, 0.29) is 58.9 Å². The number of hydrogen-bond acceptors (Lipinski definition) is 8. The lowest BCUT2D eigenvalue weighted by Gasteiger charge is -2.63. The summed E-state index contributed by atoms with van der Waals surface area (Å²) in [4.78, 5) is 23.7. The molecular formula is C27H44O8. The summed E-state index contributed by atoms with van der Waals surface area (Å²) >= 11 is 0. The number of carbonyl (C=O) groups excluding carboxylic acids is 2. The van der Waals surface area contributed by atoms with Crippen molar-refractivity contribution in [3.63, 3.8) is 0 Å². The molecule has 4 aliphatic rings. The third kappa shape index (κ3) is 4.58. The van der Waals surface area contributed by atoms with E-state index in [1.807, 2.05) is 0 Å². The monoisotopic (exact) mass is 496 g/mol. The molecule has 8 nitrogen and oxygen atoms in total. The topological polar surface area (TPSA) is 145 Å². The Labute approximate surface area is 208 Å². The van der Waals surface area contributed by atoms with Gasteiger partial charge in [0.1, 0.15) is 0 Å².